The highest BCUT2D eigenvalue weighted by Crippen LogP contribution is 2.33. The van der Waals surface area contributed by atoms with E-state index in [0.717, 1.165) is 4.90 Å². The first kappa shape index (κ1) is 24.4. The number of halogens is 3. The smallest absolute Gasteiger partial charge is 0.335 e. The summed E-state index contributed by atoms with van der Waals surface area (Å²) in [4.78, 5) is 38.9. The lowest BCUT2D eigenvalue weighted by Crippen LogP contribution is -2.54. The molecule has 0 atom stereocenters. The van der Waals surface area contributed by atoms with Crippen molar-refractivity contribution >= 4 is 52.8 Å². The average Bonchev–Trinajstić information content (AvgIpc) is 2.80. The number of carbonyl (C=O) groups excluding carboxylic acids is 3. The zero-order chi connectivity index (χ0) is 25.1. The first-order valence-corrected chi connectivity index (χ1v) is 11.4. The number of amides is 4. The molecule has 4 amide bonds. The molecule has 1 aliphatic heterocycles. The molecule has 0 bridgehead atoms. The minimum absolute atomic E-state index is 0.147. The maximum Gasteiger partial charge on any atom is 0.335 e. The molecule has 6 nitrogen and oxygen atoms in total. The third-order valence-corrected chi connectivity index (χ3v) is 5.91. The van der Waals surface area contributed by atoms with Crippen LogP contribution in [0.4, 0.5) is 14.9 Å². The third-order valence-electron chi connectivity index (χ3n) is 5.25. The molecule has 0 unspecified atom stereocenters. The second-order valence-electron chi connectivity index (χ2n) is 7.63. The highest BCUT2D eigenvalue weighted by Gasteiger charge is 2.37. The van der Waals surface area contributed by atoms with Gasteiger partial charge in [0.1, 0.15) is 17.1 Å². The zero-order valence-electron chi connectivity index (χ0n) is 18.5. The summed E-state index contributed by atoms with van der Waals surface area (Å²) in [5.41, 5.74) is 1.62. The summed E-state index contributed by atoms with van der Waals surface area (Å²) in [5.74, 6) is -1.61. The number of carbonyl (C=O) groups is 3. The zero-order valence-corrected chi connectivity index (χ0v) is 20.0. The van der Waals surface area contributed by atoms with Crippen LogP contribution in [0, 0.1) is 5.82 Å². The molecule has 0 aromatic heterocycles. The Morgan fingerprint density at radius 2 is 1.77 bits per heavy atom. The fourth-order valence-corrected chi connectivity index (χ4v) is 4.20. The molecule has 1 heterocycles. The van der Waals surface area contributed by atoms with Gasteiger partial charge in [-0.25, -0.2) is 14.1 Å². The average molecular weight is 513 g/mol. The van der Waals surface area contributed by atoms with Gasteiger partial charge in [0, 0.05) is 17.0 Å². The van der Waals surface area contributed by atoms with Crippen molar-refractivity contribution in [1.82, 2.24) is 5.32 Å². The van der Waals surface area contributed by atoms with E-state index in [1.54, 1.807) is 43.3 Å². The number of nitrogens with zero attached hydrogens (tertiary/aromatic N) is 1. The van der Waals surface area contributed by atoms with E-state index in [1.807, 2.05) is 0 Å². The van der Waals surface area contributed by atoms with E-state index >= 15 is 0 Å². The lowest BCUT2D eigenvalue weighted by Gasteiger charge is -2.27. The van der Waals surface area contributed by atoms with Gasteiger partial charge in [0.25, 0.3) is 11.8 Å². The van der Waals surface area contributed by atoms with Gasteiger partial charge in [-0.2, -0.15) is 0 Å². The minimum Gasteiger partial charge on any atom is -0.494 e. The Morgan fingerprint density at radius 1 is 1.00 bits per heavy atom. The molecule has 3 aromatic carbocycles. The molecule has 178 valence electrons. The maximum absolute atomic E-state index is 13.6. The Balaban J connectivity index is 1.73. The largest absolute Gasteiger partial charge is 0.494 e. The summed E-state index contributed by atoms with van der Waals surface area (Å²) in [7, 11) is 0. The number of imide groups is 2. The van der Waals surface area contributed by atoms with Crippen molar-refractivity contribution in [1.29, 1.82) is 0 Å². The molecule has 0 radical (unpaired) electrons. The molecule has 0 spiro atoms. The molecule has 1 aliphatic rings. The number of hydrogen-bond acceptors (Lipinski definition) is 4. The Labute approximate surface area is 210 Å². The van der Waals surface area contributed by atoms with Gasteiger partial charge in [-0.3, -0.25) is 14.9 Å². The first-order valence-electron chi connectivity index (χ1n) is 10.6. The van der Waals surface area contributed by atoms with Crippen LogP contribution in [-0.2, 0) is 16.0 Å². The van der Waals surface area contributed by atoms with Crippen LogP contribution in [0.25, 0.3) is 6.08 Å². The van der Waals surface area contributed by atoms with E-state index in [9.17, 15) is 18.8 Å². The summed E-state index contributed by atoms with van der Waals surface area (Å²) in [6.45, 7) is 2.14. The topological polar surface area (TPSA) is 75.7 Å². The molecule has 1 fully saturated rings. The lowest BCUT2D eigenvalue weighted by atomic mass is 10.00. The van der Waals surface area contributed by atoms with Gasteiger partial charge in [0.05, 0.1) is 17.3 Å². The summed E-state index contributed by atoms with van der Waals surface area (Å²) in [6.07, 6.45) is 1.64. The standard InChI is InChI=1S/C26H19Cl2FN2O4/c1-2-35-23-14-16(13-21(28)18(23)11-15-6-5-7-17(29)10-15)12-19-24(32)30-26(34)31(25(19)33)22-9-4-3-8-20(22)27/h3-10,12-14H,2,11H2,1H3,(H,30,32,34)/b19-12+. The van der Waals surface area contributed by atoms with E-state index in [2.05, 4.69) is 5.32 Å². The van der Waals surface area contributed by atoms with Crippen molar-refractivity contribution < 1.29 is 23.5 Å². The quantitative estimate of drug-likeness (QED) is 0.335. The van der Waals surface area contributed by atoms with Gasteiger partial charge in [0.2, 0.25) is 0 Å². The number of ether oxygens (including phenoxy) is 1. The predicted molar refractivity (Wildman–Crippen MR) is 132 cm³/mol. The molecule has 1 saturated heterocycles. The van der Waals surface area contributed by atoms with Crippen LogP contribution in [0.15, 0.2) is 66.2 Å². The number of para-hydroxylation sites is 1. The van der Waals surface area contributed by atoms with Gasteiger partial charge in [-0.05, 0) is 60.5 Å². The van der Waals surface area contributed by atoms with Crippen molar-refractivity contribution in [3.63, 3.8) is 0 Å². The number of rotatable bonds is 6. The second kappa shape index (κ2) is 10.3. The molecule has 3 aromatic rings. The Kier molecular flexibility index (Phi) is 7.19. The third kappa shape index (κ3) is 5.21. The Morgan fingerprint density at radius 3 is 2.49 bits per heavy atom. The van der Waals surface area contributed by atoms with Crippen LogP contribution in [0.2, 0.25) is 10.0 Å². The fourth-order valence-electron chi connectivity index (χ4n) is 3.70. The highest BCUT2D eigenvalue weighted by molar-refractivity contribution is 6.42. The number of nitrogens with one attached hydrogen (secondary N) is 1. The van der Waals surface area contributed by atoms with Crippen LogP contribution < -0.4 is 15.0 Å². The minimum atomic E-state index is -0.899. The van der Waals surface area contributed by atoms with Gasteiger partial charge in [0.15, 0.2) is 0 Å². The van der Waals surface area contributed by atoms with Gasteiger partial charge >= 0.3 is 6.03 Å². The van der Waals surface area contributed by atoms with E-state index in [0.29, 0.717) is 40.5 Å². The molecule has 1 N–H and O–H groups in total. The Bertz CT molecular complexity index is 1370. The van der Waals surface area contributed by atoms with E-state index in [1.165, 1.54) is 30.3 Å². The van der Waals surface area contributed by atoms with Crippen molar-refractivity contribution in [2.45, 2.75) is 13.3 Å². The van der Waals surface area contributed by atoms with Gasteiger partial charge < -0.3 is 4.74 Å². The molecule has 0 aliphatic carbocycles. The van der Waals surface area contributed by atoms with Crippen LogP contribution in [0.1, 0.15) is 23.6 Å². The molecule has 0 saturated carbocycles. The van der Waals surface area contributed by atoms with Crippen molar-refractivity contribution in [2.24, 2.45) is 0 Å². The van der Waals surface area contributed by atoms with Crippen molar-refractivity contribution in [3.05, 3.63) is 98.8 Å². The summed E-state index contributed by atoms with van der Waals surface area (Å²) in [5, 5.41) is 2.65. The normalized spacial score (nSPS) is 14.9. The predicted octanol–water partition coefficient (Wildman–Crippen LogP) is 5.79. The number of urea groups is 1. The first-order chi connectivity index (χ1) is 16.8. The number of hydrogen-bond donors (Lipinski definition) is 1. The van der Waals surface area contributed by atoms with E-state index in [4.69, 9.17) is 27.9 Å². The summed E-state index contributed by atoms with van der Waals surface area (Å²) >= 11 is 12.7. The molecule has 4 rings (SSSR count). The lowest BCUT2D eigenvalue weighted by molar-refractivity contribution is -0.122. The molecule has 35 heavy (non-hydrogen) atoms. The molecular formula is C26H19Cl2FN2O4. The summed E-state index contributed by atoms with van der Waals surface area (Å²) < 4.78 is 19.4. The maximum atomic E-state index is 13.6. The van der Waals surface area contributed by atoms with Crippen LogP contribution in [0.5, 0.6) is 5.75 Å². The van der Waals surface area contributed by atoms with Crippen molar-refractivity contribution in [2.75, 3.05) is 11.5 Å². The Hall–Kier alpha value is -3.68. The molecular weight excluding hydrogens is 494 g/mol. The van der Waals surface area contributed by atoms with Crippen LogP contribution >= 0.6 is 23.2 Å². The fraction of sp³-hybridized carbons (Fsp3) is 0.115. The van der Waals surface area contributed by atoms with Crippen LogP contribution in [-0.4, -0.2) is 24.5 Å². The SMILES string of the molecule is CCOc1cc(/C=C2\C(=O)NC(=O)N(c3ccccc3Cl)C2=O)cc(Cl)c1Cc1cccc(F)c1. The van der Waals surface area contributed by atoms with Crippen molar-refractivity contribution in [3.8, 4) is 5.75 Å². The number of anilines is 1. The number of barbiturate groups is 1. The molecule has 9 heteroatoms. The van der Waals surface area contributed by atoms with E-state index < -0.39 is 17.8 Å². The monoisotopic (exact) mass is 512 g/mol. The van der Waals surface area contributed by atoms with E-state index in [-0.39, 0.29) is 22.1 Å². The van der Waals surface area contributed by atoms with Gasteiger partial charge in [-0.15, -0.1) is 0 Å². The van der Waals surface area contributed by atoms with Gasteiger partial charge in [-0.1, -0.05) is 47.5 Å². The second-order valence-corrected chi connectivity index (χ2v) is 8.44. The van der Waals surface area contributed by atoms with Crippen LogP contribution in [0.3, 0.4) is 0 Å². The summed E-state index contributed by atoms with van der Waals surface area (Å²) in [6, 6.07) is 14.8. The number of benzene rings is 3. The highest BCUT2D eigenvalue weighted by atomic mass is 35.5.